The molecular formula is C30H29F2N3. The summed E-state index contributed by atoms with van der Waals surface area (Å²) in [5.74, 6) is -0.508. The summed E-state index contributed by atoms with van der Waals surface area (Å²) in [6, 6.07) is 22.3. The topological polar surface area (TPSA) is 22.3 Å². The van der Waals surface area contributed by atoms with Crippen molar-refractivity contribution in [1.29, 1.82) is 0 Å². The van der Waals surface area contributed by atoms with Gasteiger partial charge in [0.05, 0.1) is 0 Å². The molecule has 178 valence electrons. The first-order valence-corrected chi connectivity index (χ1v) is 12.4. The van der Waals surface area contributed by atoms with Crippen molar-refractivity contribution in [2.24, 2.45) is 0 Å². The predicted molar refractivity (Wildman–Crippen MR) is 137 cm³/mol. The summed E-state index contributed by atoms with van der Waals surface area (Å²) in [6.45, 7) is 5.17. The maximum atomic E-state index is 13.5. The highest BCUT2D eigenvalue weighted by Gasteiger charge is 2.32. The fraction of sp³-hybridized carbons (Fsp3) is 0.267. The normalized spacial score (nSPS) is 18.3. The molecule has 3 heterocycles. The highest BCUT2D eigenvalue weighted by atomic mass is 19.1. The van der Waals surface area contributed by atoms with Crippen LogP contribution in [0.1, 0.15) is 28.8 Å². The zero-order chi connectivity index (χ0) is 23.8. The number of hydrogen-bond donors (Lipinski definition) is 1. The highest BCUT2D eigenvalue weighted by Crippen LogP contribution is 2.32. The first-order valence-electron chi connectivity index (χ1n) is 12.4. The Hall–Kier alpha value is -3.28. The van der Waals surface area contributed by atoms with E-state index in [1.165, 1.54) is 46.4 Å². The molecule has 0 radical (unpaired) electrons. The van der Waals surface area contributed by atoms with Crippen LogP contribution < -0.4 is 0 Å². The molecule has 1 saturated heterocycles. The number of H-pyrrole nitrogens is 1. The van der Waals surface area contributed by atoms with Gasteiger partial charge in [-0.05, 0) is 65.4 Å². The van der Waals surface area contributed by atoms with Crippen molar-refractivity contribution in [3.05, 3.63) is 113 Å². The van der Waals surface area contributed by atoms with Crippen molar-refractivity contribution in [1.82, 2.24) is 14.8 Å². The van der Waals surface area contributed by atoms with E-state index in [1.54, 1.807) is 24.3 Å². The van der Waals surface area contributed by atoms with Crippen LogP contribution in [0.5, 0.6) is 0 Å². The third kappa shape index (κ3) is 4.54. The van der Waals surface area contributed by atoms with Crippen molar-refractivity contribution in [3.8, 4) is 0 Å². The van der Waals surface area contributed by atoms with Crippen molar-refractivity contribution in [2.75, 3.05) is 26.2 Å². The minimum Gasteiger partial charge on any atom is -0.357 e. The number of rotatable bonds is 5. The van der Waals surface area contributed by atoms with Crippen LogP contribution in [-0.4, -0.2) is 47.0 Å². The number of fused-ring (bicyclic) bond motifs is 4. The van der Waals surface area contributed by atoms with E-state index in [1.807, 2.05) is 0 Å². The number of aromatic nitrogens is 1. The van der Waals surface area contributed by atoms with E-state index in [0.29, 0.717) is 6.04 Å². The molecule has 35 heavy (non-hydrogen) atoms. The third-order valence-electron chi connectivity index (χ3n) is 7.50. The van der Waals surface area contributed by atoms with E-state index in [4.69, 9.17) is 0 Å². The second kappa shape index (κ2) is 9.40. The van der Waals surface area contributed by atoms with Gasteiger partial charge in [0.1, 0.15) is 11.6 Å². The van der Waals surface area contributed by atoms with E-state index in [0.717, 1.165) is 62.3 Å². The maximum absolute atomic E-state index is 13.5. The summed E-state index contributed by atoms with van der Waals surface area (Å²) < 4.78 is 27.0. The van der Waals surface area contributed by atoms with Gasteiger partial charge in [-0.2, -0.15) is 0 Å². The Morgan fingerprint density at radius 3 is 2.29 bits per heavy atom. The van der Waals surface area contributed by atoms with Crippen LogP contribution in [0.4, 0.5) is 8.78 Å². The van der Waals surface area contributed by atoms with E-state index in [2.05, 4.69) is 45.1 Å². The molecular weight excluding hydrogens is 440 g/mol. The van der Waals surface area contributed by atoms with Gasteiger partial charge < -0.3 is 9.88 Å². The minimum atomic E-state index is -0.254. The fourth-order valence-corrected chi connectivity index (χ4v) is 5.68. The Labute approximate surface area is 204 Å². The molecule has 3 nitrogen and oxygen atoms in total. The number of aromatic amines is 1. The van der Waals surface area contributed by atoms with Gasteiger partial charge in [-0.25, -0.2) is 8.78 Å². The average Bonchev–Trinajstić information content (AvgIpc) is 3.24. The van der Waals surface area contributed by atoms with E-state index >= 15 is 0 Å². The van der Waals surface area contributed by atoms with Crippen molar-refractivity contribution >= 4 is 16.5 Å². The SMILES string of the molecule is Fc1ccc(C(=CCCN2CCN3Cc4[nH]c5ccccc5c4CC3C2)c2ccc(F)cc2)cc1. The van der Waals surface area contributed by atoms with E-state index < -0.39 is 0 Å². The third-order valence-corrected chi connectivity index (χ3v) is 7.50. The molecule has 4 aromatic rings. The van der Waals surface area contributed by atoms with Gasteiger partial charge in [0.25, 0.3) is 0 Å². The Balaban J connectivity index is 1.16. The van der Waals surface area contributed by atoms with Crippen molar-refractivity contribution in [2.45, 2.75) is 25.4 Å². The molecule has 6 rings (SSSR count). The van der Waals surface area contributed by atoms with Gasteiger partial charge in [0.15, 0.2) is 0 Å². The second-order valence-corrected chi connectivity index (χ2v) is 9.68. The van der Waals surface area contributed by atoms with Gasteiger partial charge in [-0.1, -0.05) is 48.5 Å². The monoisotopic (exact) mass is 469 g/mol. The summed E-state index contributed by atoms with van der Waals surface area (Å²) in [6.07, 6.45) is 4.18. The molecule has 0 aliphatic carbocycles. The quantitative estimate of drug-likeness (QED) is 0.387. The zero-order valence-corrected chi connectivity index (χ0v) is 19.7. The van der Waals surface area contributed by atoms with E-state index in [-0.39, 0.29) is 11.6 Å². The van der Waals surface area contributed by atoms with Gasteiger partial charge in [-0.15, -0.1) is 0 Å². The summed E-state index contributed by atoms with van der Waals surface area (Å²) in [7, 11) is 0. The van der Waals surface area contributed by atoms with Crippen LogP contribution >= 0.6 is 0 Å². The predicted octanol–water partition coefficient (Wildman–Crippen LogP) is 6.01. The number of hydrogen-bond acceptors (Lipinski definition) is 2. The molecule has 1 aromatic heterocycles. The molecule has 0 saturated carbocycles. The largest absolute Gasteiger partial charge is 0.357 e. The molecule has 1 unspecified atom stereocenters. The molecule has 2 aliphatic heterocycles. The fourth-order valence-electron chi connectivity index (χ4n) is 5.68. The molecule has 0 amide bonds. The zero-order valence-electron chi connectivity index (χ0n) is 19.7. The molecule has 2 aliphatic rings. The molecule has 1 N–H and O–H groups in total. The Morgan fingerprint density at radius 1 is 0.886 bits per heavy atom. The summed E-state index contributed by atoms with van der Waals surface area (Å²) >= 11 is 0. The number of para-hydroxylation sites is 1. The van der Waals surface area contributed by atoms with Gasteiger partial charge in [0, 0.05) is 55.4 Å². The van der Waals surface area contributed by atoms with Gasteiger partial charge in [-0.3, -0.25) is 4.90 Å². The standard InChI is InChI=1S/C30H29F2N3/c31-23-11-7-21(8-12-23)26(22-9-13-24(32)14-10-22)5-3-15-34-16-17-35-20-30-28(18-25(35)19-34)27-4-1-2-6-29(27)33-30/h1-2,4-14,25,33H,3,15-20H2. The molecule has 1 atom stereocenters. The lowest BCUT2D eigenvalue weighted by molar-refractivity contribution is 0.0611. The summed E-state index contributed by atoms with van der Waals surface area (Å²) in [5.41, 5.74) is 7.02. The van der Waals surface area contributed by atoms with Crippen molar-refractivity contribution < 1.29 is 8.78 Å². The van der Waals surface area contributed by atoms with Crippen LogP contribution in [0.2, 0.25) is 0 Å². The Bertz CT molecular complexity index is 1310. The smallest absolute Gasteiger partial charge is 0.123 e. The number of benzene rings is 3. The molecule has 3 aromatic carbocycles. The van der Waals surface area contributed by atoms with Gasteiger partial charge >= 0.3 is 0 Å². The maximum Gasteiger partial charge on any atom is 0.123 e. The first-order chi connectivity index (χ1) is 17.1. The molecule has 0 bridgehead atoms. The number of nitrogens with one attached hydrogen (secondary N) is 1. The van der Waals surface area contributed by atoms with Crippen LogP contribution in [0.25, 0.3) is 16.5 Å². The lowest BCUT2D eigenvalue weighted by Crippen LogP contribution is -2.55. The number of piperazine rings is 1. The minimum absolute atomic E-state index is 0.254. The van der Waals surface area contributed by atoms with Crippen molar-refractivity contribution in [3.63, 3.8) is 0 Å². The molecule has 5 heteroatoms. The number of nitrogens with zero attached hydrogens (tertiary/aromatic N) is 2. The van der Waals surface area contributed by atoms with Gasteiger partial charge in [0.2, 0.25) is 0 Å². The highest BCUT2D eigenvalue weighted by molar-refractivity contribution is 5.85. The lowest BCUT2D eigenvalue weighted by Gasteiger charge is -2.44. The summed E-state index contributed by atoms with van der Waals surface area (Å²) in [4.78, 5) is 8.81. The Kier molecular flexibility index (Phi) is 5.96. The molecule has 0 spiro atoms. The number of halogens is 2. The average molecular weight is 470 g/mol. The van der Waals surface area contributed by atoms with E-state index in [9.17, 15) is 8.78 Å². The Morgan fingerprint density at radius 2 is 1.57 bits per heavy atom. The first kappa shape index (κ1) is 22.2. The summed E-state index contributed by atoms with van der Waals surface area (Å²) in [5, 5.41) is 1.37. The van der Waals surface area contributed by atoms with Crippen LogP contribution in [0, 0.1) is 11.6 Å². The lowest BCUT2D eigenvalue weighted by atomic mass is 9.94. The molecule has 1 fully saturated rings. The van der Waals surface area contributed by atoms with Crippen LogP contribution in [-0.2, 0) is 13.0 Å². The van der Waals surface area contributed by atoms with Crippen LogP contribution in [0.15, 0.2) is 78.9 Å². The second-order valence-electron chi connectivity index (χ2n) is 9.68. The van der Waals surface area contributed by atoms with Crippen LogP contribution in [0.3, 0.4) is 0 Å².